The van der Waals surface area contributed by atoms with Gasteiger partial charge in [0.1, 0.15) is 12.1 Å². The second-order valence-electron chi connectivity index (χ2n) is 6.67. The van der Waals surface area contributed by atoms with E-state index in [0.717, 1.165) is 41.9 Å². The van der Waals surface area contributed by atoms with Crippen molar-refractivity contribution in [1.82, 2.24) is 24.6 Å². The highest BCUT2D eigenvalue weighted by atomic mass is 16.2. The van der Waals surface area contributed by atoms with E-state index in [4.69, 9.17) is 0 Å². The second-order valence-corrected chi connectivity index (χ2v) is 6.67. The number of benzene rings is 1. The molecule has 3 aromatic rings. The van der Waals surface area contributed by atoms with Crippen molar-refractivity contribution in [3.63, 3.8) is 0 Å². The summed E-state index contributed by atoms with van der Waals surface area (Å²) < 4.78 is 1.80. The SMILES string of the molecule is O=C1CC(Nc2ncnc3c2cnn3-c2ccccc2)CN1C1CC1. The highest BCUT2D eigenvalue weighted by Gasteiger charge is 2.39. The summed E-state index contributed by atoms with van der Waals surface area (Å²) in [5, 5.41) is 8.75. The van der Waals surface area contributed by atoms with Crippen molar-refractivity contribution in [2.45, 2.75) is 31.3 Å². The Kier molecular flexibility index (Phi) is 3.19. The molecule has 1 unspecified atom stereocenters. The monoisotopic (exact) mass is 334 g/mol. The maximum atomic E-state index is 12.1. The van der Waals surface area contributed by atoms with Gasteiger partial charge in [0.05, 0.1) is 23.3 Å². The number of carbonyl (C=O) groups is 1. The number of carbonyl (C=O) groups excluding carboxylic acids is 1. The van der Waals surface area contributed by atoms with E-state index in [1.807, 2.05) is 35.2 Å². The molecule has 1 atom stereocenters. The highest BCUT2D eigenvalue weighted by molar-refractivity contribution is 5.88. The summed E-state index contributed by atoms with van der Waals surface area (Å²) in [5.74, 6) is 0.980. The maximum absolute atomic E-state index is 12.1. The first-order valence-corrected chi connectivity index (χ1v) is 8.60. The molecule has 5 rings (SSSR count). The van der Waals surface area contributed by atoms with Crippen molar-refractivity contribution in [1.29, 1.82) is 0 Å². The molecule has 3 heterocycles. The molecule has 0 spiro atoms. The summed E-state index contributed by atoms with van der Waals surface area (Å²) in [4.78, 5) is 22.9. The van der Waals surface area contributed by atoms with E-state index in [2.05, 4.69) is 20.4 Å². The summed E-state index contributed by atoms with van der Waals surface area (Å²) in [5.41, 5.74) is 1.71. The predicted molar refractivity (Wildman–Crippen MR) is 93.4 cm³/mol. The number of anilines is 1. The molecule has 1 saturated heterocycles. The Balaban J connectivity index is 1.44. The van der Waals surface area contributed by atoms with Gasteiger partial charge in [-0.1, -0.05) is 18.2 Å². The maximum Gasteiger partial charge on any atom is 0.225 e. The molecule has 1 aliphatic carbocycles. The van der Waals surface area contributed by atoms with Crippen LogP contribution in [0.5, 0.6) is 0 Å². The third kappa shape index (κ3) is 2.52. The lowest BCUT2D eigenvalue weighted by atomic mass is 10.2. The molecule has 1 aromatic carbocycles. The lowest BCUT2D eigenvalue weighted by molar-refractivity contribution is -0.128. The number of aromatic nitrogens is 4. The van der Waals surface area contributed by atoms with Gasteiger partial charge in [0.25, 0.3) is 0 Å². The molecular weight excluding hydrogens is 316 g/mol. The van der Waals surface area contributed by atoms with Crippen molar-refractivity contribution < 1.29 is 4.79 Å². The average molecular weight is 334 g/mol. The molecule has 25 heavy (non-hydrogen) atoms. The standard InChI is InChI=1S/C18H18N6O/c25-16-8-12(10-23(16)13-6-7-13)22-17-15-9-21-24(18(15)20-11-19-17)14-4-2-1-3-5-14/h1-5,9,11-13H,6-8,10H2,(H,19,20,22). The van der Waals surface area contributed by atoms with Crippen molar-refractivity contribution in [3.8, 4) is 5.69 Å². The lowest BCUT2D eigenvalue weighted by Crippen LogP contribution is -2.29. The summed E-state index contributed by atoms with van der Waals surface area (Å²) in [6.07, 6.45) is 6.12. The minimum atomic E-state index is 0.0891. The van der Waals surface area contributed by atoms with Crippen molar-refractivity contribution in [2.75, 3.05) is 11.9 Å². The number of hydrogen-bond donors (Lipinski definition) is 1. The van der Waals surface area contributed by atoms with Crippen molar-refractivity contribution in [2.24, 2.45) is 0 Å². The zero-order valence-corrected chi connectivity index (χ0v) is 13.7. The van der Waals surface area contributed by atoms with Gasteiger partial charge in [0.15, 0.2) is 5.65 Å². The zero-order valence-electron chi connectivity index (χ0n) is 13.7. The van der Waals surface area contributed by atoms with Crippen LogP contribution in [0.3, 0.4) is 0 Å². The molecule has 1 amide bonds. The fraction of sp³-hybridized carbons (Fsp3) is 0.333. The fourth-order valence-corrected chi connectivity index (χ4v) is 3.48. The van der Waals surface area contributed by atoms with Gasteiger partial charge in [0, 0.05) is 19.0 Å². The molecule has 2 aliphatic rings. The number of fused-ring (bicyclic) bond motifs is 1. The Labute approximate surface area is 144 Å². The van der Waals surface area contributed by atoms with Crippen molar-refractivity contribution >= 4 is 22.8 Å². The lowest BCUT2D eigenvalue weighted by Gasteiger charge is -2.16. The van der Waals surface area contributed by atoms with Gasteiger partial charge >= 0.3 is 0 Å². The number of amides is 1. The Morgan fingerprint density at radius 2 is 1.96 bits per heavy atom. The van der Waals surface area contributed by atoms with E-state index >= 15 is 0 Å². The van der Waals surface area contributed by atoms with Crippen LogP contribution >= 0.6 is 0 Å². The van der Waals surface area contributed by atoms with E-state index < -0.39 is 0 Å². The summed E-state index contributed by atoms with van der Waals surface area (Å²) in [7, 11) is 0. The number of para-hydroxylation sites is 1. The molecule has 1 N–H and O–H groups in total. The van der Waals surface area contributed by atoms with E-state index in [1.54, 1.807) is 17.2 Å². The van der Waals surface area contributed by atoms with E-state index in [1.165, 1.54) is 0 Å². The number of likely N-dealkylation sites (tertiary alicyclic amines) is 1. The largest absolute Gasteiger partial charge is 0.364 e. The number of hydrogen-bond acceptors (Lipinski definition) is 5. The number of rotatable bonds is 4. The first kappa shape index (κ1) is 14.4. The van der Waals surface area contributed by atoms with E-state index in [-0.39, 0.29) is 11.9 Å². The fourth-order valence-electron chi connectivity index (χ4n) is 3.48. The van der Waals surface area contributed by atoms with Gasteiger partial charge in [0.2, 0.25) is 5.91 Å². The third-order valence-electron chi connectivity index (χ3n) is 4.85. The highest BCUT2D eigenvalue weighted by Crippen LogP contribution is 2.32. The van der Waals surface area contributed by atoms with Crippen LogP contribution in [-0.2, 0) is 4.79 Å². The van der Waals surface area contributed by atoms with Crippen LogP contribution < -0.4 is 5.32 Å². The summed E-state index contributed by atoms with van der Waals surface area (Å²) >= 11 is 0. The number of nitrogens with one attached hydrogen (secondary N) is 1. The van der Waals surface area contributed by atoms with Crippen molar-refractivity contribution in [3.05, 3.63) is 42.9 Å². The molecule has 2 aromatic heterocycles. The summed E-state index contributed by atoms with van der Waals surface area (Å²) in [6, 6.07) is 10.5. The molecular formula is C18H18N6O. The van der Waals surface area contributed by atoms with Gasteiger partial charge < -0.3 is 10.2 Å². The third-order valence-corrected chi connectivity index (χ3v) is 4.85. The van der Waals surface area contributed by atoms with Crippen LogP contribution in [0.2, 0.25) is 0 Å². The van der Waals surface area contributed by atoms with E-state index in [9.17, 15) is 4.79 Å². The Morgan fingerprint density at radius 3 is 2.76 bits per heavy atom. The first-order valence-electron chi connectivity index (χ1n) is 8.60. The molecule has 7 nitrogen and oxygen atoms in total. The number of nitrogens with zero attached hydrogens (tertiary/aromatic N) is 5. The smallest absolute Gasteiger partial charge is 0.225 e. The van der Waals surface area contributed by atoms with Crippen LogP contribution in [0.25, 0.3) is 16.7 Å². The molecule has 1 aliphatic heterocycles. The quantitative estimate of drug-likeness (QED) is 0.790. The average Bonchev–Trinajstić information content (AvgIpc) is 3.27. The Morgan fingerprint density at radius 1 is 1.12 bits per heavy atom. The van der Waals surface area contributed by atoms with Gasteiger partial charge in [-0.3, -0.25) is 4.79 Å². The van der Waals surface area contributed by atoms with Crippen LogP contribution in [0.4, 0.5) is 5.82 Å². The molecule has 0 bridgehead atoms. The molecule has 2 fully saturated rings. The summed E-state index contributed by atoms with van der Waals surface area (Å²) in [6.45, 7) is 0.752. The molecule has 0 radical (unpaired) electrons. The molecule has 7 heteroatoms. The normalized spacial score (nSPS) is 20.4. The van der Waals surface area contributed by atoms with Gasteiger partial charge in [-0.2, -0.15) is 5.10 Å². The first-order chi connectivity index (χ1) is 12.3. The minimum absolute atomic E-state index is 0.0891. The van der Waals surface area contributed by atoms with Crippen LogP contribution in [0.15, 0.2) is 42.9 Å². The molecule has 1 saturated carbocycles. The Hall–Kier alpha value is -2.96. The minimum Gasteiger partial charge on any atom is -0.364 e. The molecule has 126 valence electrons. The zero-order chi connectivity index (χ0) is 16.8. The van der Waals surface area contributed by atoms with Crippen LogP contribution in [0, 0.1) is 0 Å². The second kappa shape index (κ2) is 5.54. The predicted octanol–water partition coefficient (Wildman–Crippen LogP) is 1.99. The van der Waals surface area contributed by atoms with Crippen LogP contribution in [0.1, 0.15) is 19.3 Å². The van der Waals surface area contributed by atoms with Gasteiger partial charge in [-0.25, -0.2) is 14.6 Å². The van der Waals surface area contributed by atoms with Crippen LogP contribution in [-0.4, -0.2) is 49.2 Å². The van der Waals surface area contributed by atoms with E-state index in [0.29, 0.717) is 12.5 Å². The van der Waals surface area contributed by atoms with Gasteiger partial charge in [-0.15, -0.1) is 0 Å². The Bertz CT molecular complexity index is 933. The van der Waals surface area contributed by atoms with Gasteiger partial charge in [-0.05, 0) is 25.0 Å². The topological polar surface area (TPSA) is 75.9 Å².